The Labute approximate surface area is 173 Å². The number of oxazole rings is 1. The van der Waals surface area contributed by atoms with Gasteiger partial charge >= 0.3 is 0 Å². The number of halogens is 1. The molecule has 0 spiro atoms. The summed E-state index contributed by atoms with van der Waals surface area (Å²) in [6, 6.07) is 10.2. The standard InChI is InChI=1S/C21H20FN3O4S/c1-13-14(2)29-21(23-13)15-4-7-17(8-5-15)24-20(26)16-6-9-18(22)19(12-16)30(27,28)25-10-3-11-25/h4-9,12H,3,10-11H2,1-2H3,(H,24,26). The van der Waals surface area contributed by atoms with E-state index in [9.17, 15) is 17.6 Å². The molecule has 1 fully saturated rings. The Bertz CT molecular complexity index is 1200. The number of carbonyl (C=O) groups is 1. The number of amides is 1. The molecular formula is C21H20FN3O4S. The Morgan fingerprint density at radius 1 is 1.13 bits per heavy atom. The zero-order valence-corrected chi connectivity index (χ0v) is 17.3. The molecule has 156 valence electrons. The van der Waals surface area contributed by atoms with Crippen LogP contribution < -0.4 is 5.32 Å². The quantitative estimate of drug-likeness (QED) is 0.667. The summed E-state index contributed by atoms with van der Waals surface area (Å²) in [6.07, 6.45) is 0.740. The first-order chi connectivity index (χ1) is 14.3. The van der Waals surface area contributed by atoms with Gasteiger partial charge in [-0.25, -0.2) is 17.8 Å². The molecule has 1 saturated heterocycles. The third kappa shape index (κ3) is 3.73. The number of nitrogens with zero attached hydrogens (tertiary/aromatic N) is 2. The average molecular weight is 429 g/mol. The van der Waals surface area contributed by atoms with Crippen molar-refractivity contribution >= 4 is 21.6 Å². The normalized spacial score (nSPS) is 14.4. The molecule has 0 unspecified atom stereocenters. The van der Waals surface area contributed by atoms with Crippen LogP contribution in [0.25, 0.3) is 11.5 Å². The second-order valence-corrected chi connectivity index (χ2v) is 9.00. The molecule has 1 N–H and O–H groups in total. The van der Waals surface area contributed by atoms with Crippen molar-refractivity contribution in [3.8, 4) is 11.5 Å². The van der Waals surface area contributed by atoms with Gasteiger partial charge in [-0.05, 0) is 62.7 Å². The second-order valence-electron chi connectivity index (χ2n) is 7.09. The molecule has 4 rings (SSSR count). The molecule has 1 aromatic heterocycles. The first kappa shape index (κ1) is 20.2. The van der Waals surface area contributed by atoms with E-state index in [-0.39, 0.29) is 5.56 Å². The van der Waals surface area contributed by atoms with Crippen LogP contribution in [-0.2, 0) is 10.0 Å². The van der Waals surface area contributed by atoms with E-state index in [4.69, 9.17) is 4.42 Å². The molecule has 0 atom stereocenters. The van der Waals surface area contributed by atoms with Crippen molar-refractivity contribution < 1.29 is 22.0 Å². The van der Waals surface area contributed by atoms with Crippen LogP contribution in [0.1, 0.15) is 28.2 Å². The van der Waals surface area contributed by atoms with Gasteiger partial charge < -0.3 is 9.73 Å². The van der Waals surface area contributed by atoms with Crippen LogP contribution in [0.3, 0.4) is 0 Å². The van der Waals surface area contributed by atoms with Crippen LogP contribution >= 0.6 is 0 Å². The fourth-order valence-corrected chi connectivity index (χ4v) is 4.61. The minimum absolute atomic E-state index is 0.0542. The highest BCUT2D eigenvalue weighted by molar-refractivity contribution is 7.89. The van der Waals surface area contributed by atoms with E-state index in [1.54, 1.807) is 24.3 Å². The summed E-state index contributed by atoms with van der Waals surface area (Å²) in [6.45, 7) is 4.40. The largest absolute Gasteiger partial charge is 0.441 e. The molecule has 0 saturated carbocycles. The minimum atomic E-state index is -3.94. The number of benzene rings is 2. The zero-order chi connectivity index (χ0) is 21.5. The Hall–Kier alpha value is -3.04. The molecule has 0 bridgehead atoms. The van der Waals surface area contributed by atoms with Gasteiger partial charge in [0.1, 0.15) is 16.5 Å². The molecule has 9 heteroatoms. The van der Waals surface area contributed by atoms with E-state index in [1.165, 1.54) is 10.4 Å². The van der Waals surface area contributed by atoms with Crippen LogP contribution in [0, 0.1) is 19.7 Å². The van der Waals surface area contributed by atoms with Gasteiger partial charge in [-0.2, -0.15) is 4.31 Å². The third-order valence-corrected chi connectivity index (χ3v) is 6.96. The second kappa shape index (κ2) is 7.66. The maximum atomic E-state index is 14.2. The lowest BCUT2D eigenvalue weighted by molar-refractivity contribution is 0.102. The molecule has 1 aliphatic rings. The number of nitrogens with one attached hydrogen (secondary N) is 1. The van der Waals surface area contributed by atoms with Crippen molar-refractivity contribution in [2.24, 2.45) is 0 Å². The van der Waals surface area contributed by atoms with Gasteiger partial charge in [0.2, 0.25) is 15.9 Å². The predicted octanol–water partition coefficient (Wildman–Crippen LogP) is 3.74. The van der Waals surface area contributed by atoms with Gasteiger partial charge in [0.25, 0.3) is 5.91 Å². The number of aryl methyl sites for hydroxylation is 2. The summed E-state index contributed by atoms with van der Waals surface area (Å²) in [5.41, 5.74) is 2.12. The van der Waals surface area contributed by atoms with Crippen molar-refractivity contribution in [2.45, 2.75) is 25.2 Å². The lowest BCUT2D eigenvalue weighted by Gasteiger charge is -2.29. The molecule has 2 aromatic carbocycles. The Kier molecular flexibility index (Phi) is 5.17. The van der Waals surface area contributed by atoms with Gasteiger partial charge in [-0.1, -0.05) is 0 Å². The third-order valence-electron chi connectivity index (χ3n) is 5.04. The number of sulfonamides is 1. The van der Waals surface area contributed by atoms with Gasteiger partial charge in [0.15, 0.2) is 0 Å². The van der Waals surface area contributed by atoms with E-state index in [2.05, 4.69) is 10.3 Å². The molecule has 0 radical (unpaired) electrons. The van der Waals surface area contributed by atoms with Gasteiger partial charge in [0.05, 0.1) is 5.69 Å². The van der Waals surface area contributed by atoms with Gasteiger partial charge in [0, 0.05) is 29.9 Å². The fraction of sp³-hybridized carbons (Fsp3) is 0.238. The monoisotopic (exact) mass is 429 g/mol. The van der Waals surface area contributed by atoms with Crippen LogP contribution in [0.4, 0.5) is 10.1 Å². The summed E-state index contributed by atoms with van der Waals surface area (Å²) in [5, 5.41) is 2.69. The van der Waals surface area contributed by atoms with Crippen LogP contribution in [-0.4, -0.2) is 36.7 Å². The summed E-state index contributed by atoms with van der Waals surface area (Å²) in [5.74, 6) is -0.185. The molecule has 0 aliphatic carbocycles. The molecule has 1 amide bonds. The van der Waals surface area contributed by atoms with Crippen molar-refractivity contribution in [2.75, 3.05) is 18.4 Å². The van der Waals surface area contributed by atoms with Gasteiger partial charge in [-0.3, -0.25) is 4.79 Å². The highest BCUT2D eigenvalue weighted by Crippen LogP contribution is 2.26. The lowest BCUT2D eigenvalue weighted by atomic mass is 10.1. The molecule has 1 aliphatic heterocycles. The predicted molar refractivity (Wildman–Crippen MR) is 109 cm³/mol. The number of aromatic nitrogens is 1. The van der Waals surface area contributed by atoms with E-state index in [0.29, 0.717) is 24.7 Å². The molecular weight excluding hydrogens is 409 g/mol. The molecule has 30 heavy (non-hydrogen) atoms. The molecule has 3 aromatic rings. The highest BCUT2D eigenvalue weighted by Gasteiger charge is 2.32. The Balaban J connectivity index is 1.53. The maximum Gasteiger partial charge on any atom is 0.255 e. The number of hydrogen-bond acceptors (Lipinski definition) is 5. The van der Waals surface area contributed by atoms with E-state index < -0.39 is 26.6 Å². The number of anilines is 1. The van der Waals surface area contributed by atoms with Crippen LogP contribution in [0.15, 0.2) is 51.8 Å². The SMILES string of the molecule is Cc1nc(-c2ccc(NC(=O)c3ccc(F)c(S(=O)(=O)N4CCC4)c3)cc2)oc1C. The van der Waals surface area contributed by atoms with Crippen molar-refractivity contribution in [1.82, 2.24) is 9.29 Å². The summed E-state index contributed by atoms with van der Waals surface area (Å²) in [7, 11) is -3.94. The van der Waals surface area contributed by atoms with Crippen molar-refractivity contribution in [3.63, 3.8) is 0 Å². The Morgan fingerprint density at radius 3 is 2.40 bits per heavy atom. The summed E-state index contributed by atoms with van der Waals surface area (Å²) >= 11 is 0. The average Bonchev–Trinajstić information content (AvgIpc) is 2.99. The fourth-order valence-electron chi connectivity index (χ4n) is 3.00. The maximum absolute atomic E-state index is 14.2. The van der Waals surface area contributed by atoms with E-state index in [0.717, 1.165) is 35.6 Å². The number of rotatable bonds is 5. The van der Waals surface area contributed by atoms with Gasteiger partial charge in [-0.15, -0.1) is 0 Å². The molecule has 2 heterocycles. The summed E-state index contributed by atoms with van der Waals surface area (Å²) in [4.78, 5) is 16.4. The van der Waals surface area contributed by atoms with Crippen LogP contribution in [0.5, 0.6) is 0 Å². The Morgan fingerprint density at radius 2 is 1.83 bits per heavy atom. The van der Waals surface area contributed by atoms with E-state index in [1.807, 2.05) is 13.8 Å². The van der Waals surface area contributed by atoms with Crippen LogP contribution in [0.2, 0.25) is 0 Å². The first-order valence-corrected chi connectivity index (χ1v) is 10.9. The van der Waals surface area contributed by atoms with E-state index >= 15 is 0 Å². The minimum Gasteiger partial charge on any atom is -0.441 e. The highest BCUT2D eigenvalue weighted by atomic mass is 32.2. The smallest absolute Gasteiger partial charge is 0.255 e. The zero-order valence-electron chi connectivity index (χ0n) is 16.5. The van der Waals surface area contributed by atoms with Crippen molar-refractivity contribution in [3.05, 3.63) is 65.3 Å². The number of hydrogen-bond donors (Lipinski definition) is 1. The lowest BCUT2D eigenvalue weighted by Crippen LogP contribution is -2.42. The first-order valence-electron chi connectivity index (χ1n) is 9.41. The summed E-state index contributed by atoms with van der Waals surface area (Å²) < 4.78 is 45.9. The topological polar surface area (TPSA) is 92.5 Å². The van der Waals surface area contributed by atoms with Crippen molar-refractivity contribution in [1.29, 1.82) is 0 Å². The molecule has 7 nitrogen and oxygen atoms in total. The number of carbonyl (C=O) groups excluding carboxylic acids is 1.